The van der Waals surface area contributed by atoms with Crippen LogP contribution in [0, 0.1) is 29.6 Å². The van der Waals surface area contributed by atoms with Gasteiger partial charge in [-0.25, -0.2) is 0 Å². The quantitative estimate of drug-likeness (QED) is 0.885. The molecule has 3 nitrogen and oxygen atoms in total. The molecule has 108 valence electrons. The molecular formula is C17H25N3. The van der Waals surface area contributed by atoms with E-state index in [0.717, 1.165) is 41.8 Å². The Morgan fingerprint density at radius 3 is 2.45 bits per heavy atom. The third-order valence-corrected chi connectivity index (χ3v) is 6.08. The summed E-state index contributed by atoms with van der Waals surface area (Å²) < 4.78 is 0. The molecule has 0 amide bonds. The summed E-state index contributed by atoms with van der Waals surface area (Å²) in [4.78, 5) is 4.23. The topological polar surface area (TPSA) is 50.9 Å². The number of pyridine rings is 1. The van der Waals surface area contributed by atoms with Gasteiger partial charge in [0.15, 0.2) is 0 Å². The first kappa shape index (κ1) is 12.6. The smallest absolute Gasteiger partial charge is 0.0572 e. The molecule has 1 heterocycles. The molecule has 0 aromatic carbocycles. The standard InChI is InChI=1S/C17H25N3/c18-8-13-1-2-19-10-17(13)20-9-16-14-4-11-3-12(6-14)7-15(16)5-11/h1-2,10-12,14-16,20H,3-9,18H2. The Morgan fingerprint density at radius 2 is 1.80 bits per heavy atom. The second-order valence-corrected chi connectivity index (χ2v) is 7.21. The SMILES string of the molecule is NCc1ccncc1NCC1C2CC3CC(C2)CC1C3. The minimum atomic E-state index is 0.590. The summed E-state index contributed by atoms with van der Waals surface area (Å²) in [6.07, 6.45) is 11.3. The highest BCUT2D eigenvalue weighted by molar-refractivity contribution is 5.48. The van der Waals surface area contributed by atoms with Crippen LogP contribution in [-0.2, 0) is 6.54 Å². The molecule has 0 aliphatic heterocycles. The number of anilines is 1. The van der Waals surface area contributed by atoms with Crippen LogP contribution in [0.25, 0.3) is 0 Å². The number of hydrogen-bond acceptors (Lipinski definition) is 3. The van der Waals surface area contributed by atoms with Crippen molar-refractivity contribution in [1.29, 1.82) is 0 Å². The Morgan fingerprint density at radius 1 is 1.10 bits per heavy atom. The van der Waals surface area contributed by atoms with E-state index in [4.69, 9.17) is 5.73 Å². The lowest BCUT2D eigenvalue weighted by Crippen LogP contribution is -2.47. The molecule has 4 fully saturated rings. The second-order valence-electron chi connectivity index (χ2n) is 7.21. The van der Waals surface area contributed by atoms with E-state index in [-0.39, 0.29) is 0 Å². The van der Waals surface area contributed by atoms with Gasteiger partial charge in [-0.3, -0.25) is 4.98 Å². The lowest BCUT2D eigenvalue weighted by Gasteiger charge is -2.54. The summed E-state index contributed by atoms with van der Waals surface area (Å²) in [5.41, 5.74) is 8.13. The van der Waals surface area contributed by atoms with Gasteiger partial charge in [-0.15, -0.1) is 0 Å². The van der Waals surface area contributed by atoms with Gasteiger partial charge >= 0.3 is 0 Å². The van der Waals surface area contributed by atoms with E-state index >= 15 is 0 Å². The first-order chi connectivity index (χ1) is 9.83. The number of aromatic nitrogens is 1. The summed E-state index contributed by atoms with van der Waals surface area (Å²) in [5.74, 6) is 4.97. The van der Waals surface area contributed by atoms with Crippen LogP contribution in [0.1, 0.15) is 37.7 Å². The van der Waals surface area contributed by atoms with Gasteiger partial charge in [0.2, 0.25) is 0 Å². The monoisotopic (exact) mass is 271 g/mol. The van der Waals surface area contributed by atoms with Crippen molar-refractivity contribution in [2.45, 2.75) is 38.6 Å². The molecule has 3 heteroatoms. The second kappa shape index (κ2) is 5.03. The zero-order valence-electron chi connectivity index (χ0n) is 12.1. The van der Waals surface area contributed by atoms with Gasteiger partial charge in [0.1, 0.15) is 0 Å². The lowest BCUT2D eigenvalue weighted by molar-refractivity contribution is -0.0305. The molecule has 3 N–H and O–H groups in total. The summed E-state index contributed by atoms with van der Waals surface area (Å²) in [5, 5.41) is 3.65. The van der Waals surface area contributed by atoms with Crippen molar-refractivity contribution in [2.24, 2.45) is 35.3 Å². The molecule has 0 saturated heterocycles. The molecule has 0 atom stereocenters. The highest BCUT2D eigenvalue weighted by Crippen LogP contribution is 2.56. The molecule has 5 rings (SSSR count). The van der Waals surface area contributed by atoms with Crippen LogP contribution in [0.15, 0.2) is 18.5 Å². The van der Waals surface area contributed by atoms with E-state index in [1.807, 2.05) is 18.5 Å². The summed E-state index contributed by atoms with van der Waals surface area (Å²) in [6.45, 7) is 1.71. The Balaban J connectivity index is 1.45. The van der Waals surface area contributed by atoms with E-state index in [0.29, 0.717) is 6.54 Å². The van der Waals surface area contributed by atoms with Gasteiger partial charge in [-0.05, 0) is 73.3 Å². The highest BCUT2D eigenvalue weighted by atomic mass is 14.9. The molecule has 1 aromatic heterocycles. The zero-order chi connectivity index (χ0) is 13.5. The van der Waals surface area contributed by atoms with Crippen molar-refractivity contribution in [3.8, 4) is 0 Å². The Bertz CT molecular complexity index is 457. The third kappa shape index (κ3) is 2.12. The molecule has 4 saturated carbocycles. The van der Waals surface area contributed by atoms with Gasteiger partial charge in [0.25, 0.3) is 0 Å². The van der Waals surface area contributed by atoms with Crippen molar-refractivity contribution in [1.82, 2.24) is 4.98 Å². The highest BCUT2D eigenvalue weighted by Gasteiger charge is 2.47. The van der Waals surface area contributed by atoms with Crippen LogP contribution >= 0.6 is 0 Å². The van der Waals surface area contributed by atoms with Crippen LogP contribution in [-0.4, -0.2) is 11.5 Å². The van der Waals surface area contributed by atoms with Gasteiger partial charge in [0, 0.05) is 19.3 Å². The fourth-order valence-corrected chi connectivity index (χ4v) is 5.36. The molecular weight excluding hydrogens is 246 g/mol. The van der Waals surface area contributed by atoms with Gasteiger partial charge in [-0.2, -0.15) is 0 Å². The normalized spacial score (nSPS) is 38.1. The molecule has 4 bridgehead atoms. The molecule has 4 aliphatic rings. The molecule has 20 heavy (non-hydrogen) atoms. The summed E-state index contributed by atoms with van der Waals surface area (Å²) in [7, 11) is 0. The van der Waals surface area contributed by atoms with Crippen LogP contribution in [0.3, 0.4) is 0 Å². The Kier molecular flexibility index (Phi) is 3.18. The number of nitrogens with one attached hydrogen (secondary N) is 1. The maximum atomic E-state index is 5.81. The zero-order valence-corrected chi connectivity index (χ0v) is 12.1. The van der Waals surface area contributed by atoms with E-state index in [9.17, 15) is 0 Å². The first-order valence-electron chi connectivity index (χ1n) is 8.20. The average Bonchev–Trinajstić information content (AvgIpc) is 2.46. The van der Waals surface area contributed by atoms with Gasteiger partial charge < -0.3 is 11.1 Å². The maximum absolute atomic E-state index is 5.81. The largest absolute Gasteiger partial charge is 0.383 e. The molecule has 4 aliphatic carbocycles. The molecule has 0 unspecified atom stereocenters. The van der Waals surface area contributed by atoms with Crippen LogP contribution in [0.4, 0.5) is 5.69 Å². The molecule has 0 spiro atoms. The lowest BCUT2D eigenvalue weighted by atomic mass is 9.52. The van der Waals surface area contributed by atoms with Crippen LogP contribution < -0.4 is 11.1 Å². The fourth-order valence-electron chi connectivity index (χ4n) is 5.36. The van der Waals surface area contributed by atoms with E-state index < -0.39 is 0 Å². The molecule has 0 radical (unpaired) electrons. The average molecular weight is 271 g/mol. The van der Waals surface area contributed by atoms with Crippen molar-refractivity contribution in [2.75, 3.05) is 11.9 Å². The number of nitrogens with two attached hydrogens (primary N) is 1. The summed E-state index contributed by atoms with van der Waals surface area (Å²) in [6, 6.07) is 2.03. The molecule has 1 aromatic rings. The van der Waals surface area contributed by atoms with E-state index in [1.165, 1.54) is 37.7 Å². The predicted molar refractivity (Wildman–Crippen MR) is 81.2 cm³/mol. The van der Waals surface area contributed by atoms with Crippen molar-refractivity contribution in [3.63, 3.8) is 0 Å². The number of hydrogen-bond donors (Lipinski definition) is 2. The number of rotatable bonds is 4. The first-order valence-corrected chi connectivity index (χ1v) is 8.20. The van der Waals surface area contributed by atoms with E-state index in [2.05, 4.69) is 10.3 Å². The van der Waals surface area contributed by atoms with Crippen molar-refractivity contribution in [3.05, 3.63) is 24.0 Å². The van der Waals surface area contributed by atoms with E-state index in [1.54, 1.807) is 0 Å². The van der Waals surface area contributed by atoms with Crippen molar-refractivity contribution < 1.29 is 0 Å². The predicted octanol–water partition coefficient (Wildman–Crippen LogP) is 3.02. The minimum absolute atomic E-state index is 0.590. The van der Waals surface area contributed by atoms with Gasteiger partial charge in [0.05, 0.1) is 11.9 Å². The minimum Gasteiger partial charge on any atom is -0.383 e. The Labute approximate surface area is 121 Å². The van der Waals surface area contributed by atoms with Crippen LogP contribution in [0.5, 0.6) is 0 Å². The Hall–Kier alpha value is -1.09. The third-order valence-electron chi connectivity index (χ3n) is 6.08. The van der Waals surface area contributed by atoms with Crippen LogP contribution in [0.2, 0.25) is 0 Å². The van der Waals surface area contributed by atoms with Crippen molar-refractivity contribution >= 4 is 5.69 Å². The number of nitrogens with zero attached hydrogens (tertiary/aromatic N) is 1. The summed E-state index contributed by atoms with van der Waals surface area (Å²) >= 11 is 0. The van der Waals surface area contributed by atoms with Gasteiger partial charge in [-0.1, -0.05) is 0 Å². The fraction of sp³-hybridized carbons (Fsp3) is 0.706. The maximum Gasteiger partial charge on any atom is 0.0572 e.